The fourth-order valence-corrected chi connectivity index (χ4v) is 3.33. The van der Waals surface area contributed by atoms with Crippen molar-refractivity contribution in [1.29, 1.82) is 0 Å². The Morgan fingerprint density at radius 3 is 2.71 bits per heavy atom. The van der Waals surface area contributed by atoms with Crippen LogP contribution in [-0.2, 0) is 6.54 Å². The summed E-state index contributed by atoms with van der Waals surface area (Å²) in [7, 11) is 1.64. The molecule has 7 heteroatoms. The number of nitrogens with zero attached hydrogens (tertiary/aromatic N) is 2. The monoisotopic (exact) mass is 416 g/mol. The van der Waals surface area contributed by atoms with Crippen molar-refractivity contribution in [2.45, 2.75) is 25.9 Å². The summed E-state index contributed by atoms with van der Waals surface area (Å²) in [5, 5.41) is 4.39. The molecule has 1 aromatic carbocycles. The topological polar surface area (TPSA) is 65.1 Å². The molecule has 5 nitrogen and oxygen atoms in total. The van der Waals surface area contributed by atoms with Crippen LogP contribution in [0.3, 0.4) is 0 Å². The number of ether oxygens (including phenoxy) is 1. The second-order valence-corrected chi connectivity index (χ2v) is 6.30. The molecule has 114 valence electrons. The zero-order chi connectivity index (χ0) is 15.4. The molecule has 0 aliphatic heterocycles. The normalized spacial score (nSPS) is 12.4. The quantitative estimate of drug-likeness (QED) is 0.558. The molecule has 0 fully saturated rings. The molecular formula is C14H18Br2N4O. The minimum absolute atomic E-state index is 0.157. The number of rotatable bonds is 6. The van der Waals surface area contributed by atoms with Gasteiger partial charge in [-0.1, -0.05) is 13.0 Å². The lowest BCUT2D eigenvalue weighted by atomic mass is 10.0. The van der Waals surface area contributed by atoms with E-state index in [-0.39, 0.29) is 6.04 Å². The van der Waals surface area contributed by atoms with Gasteiger partial charge < -0.3 is 4.74 Å². The zero-order valence-corrected chi connectivity index (χ0v) is 15.1. The van der Waals surface area contributed by atoms with E-state index in [0.717, 1.165) is 38.9 Å². The van der Waals surface area contributed by atoms with E-state index < -0.39 is 0 Å². The smallest absolute Gasteiger partial charge is 0.133 e. The second-order valence-electron chi connectivity index (χ2n) is 4.59. The van der Waals surface area contributed by atoms with E-state index in [4.69, 9.17) is 10.6 Å². The fraction of sp³-hybridized carbons (Fsp3) is 0.357. The molecule has 0 spiro atoms. The fourth-order valence-electron chi connectivity index (χ4n) is 2.24. The third kappa shape index (κ3) is 3.48. The summed E-state index contributed by atoms with van der Waals surface area (Å²) in [5.74, 6) is 6.58. The van der Waals surface area contributed by atoms with Crippen molar-refractivity contribution in [3.63, 3.8) is 0 Å². The number of nitrogens with two attached hydrogens (primary N) is 1. The Morgan fingerprint density at radius 2 is 2.14 bits per heavy atom. The summed E-state index contributed by atoms with van der Waals surface area (Å²) in [4.78, 5) is 0. The van der Waals surface area contributed by atoms with E-state index in [2.05, 4.69) is 49.3 Å². The Bertz CT molecular complexity index is 615. The Morgan fingerprint density at radius 1 is 1.38 bits per heavy atom. The van der Waals surface area contributed by atoms with Crippen molar-refractivity contribution in [3.8, 4) is 5.75 Å². The standard InChI is InChI=1S/C14H18Br2N4O/c1-3-6-20-14(11(16)8-18-20)13(19-17)9-4-5-12(21-2)10(15)7-9/h4-5,7-8,13,19H,3,6,17H2,1-2H3. The first-order chi connectivity index (χ1) is 10.1. The molecule has 1 atom stereocenters. The molecule has 0 aliphatic rings. The van der Waals surface area contributed by atoms with Gasteiger partial charge >= 0.3 is 0 Å². The van der Waals surface area contributed by atoms with Crippen molar-refractivity contribution in [2.75, 3.05) is 7.11 Å². The predicted octanol–water partition coefficient (Wildman–Crippen LogP) is 3.38. The van der Waals surface area contributed by atoms with Gasteiger partial charge in [0.1, 0.15) is 5.75 Å². The maximum absolute atomic E-state index is 5.79. The minimum Gasteiger partial charge on any atom is -0.496 e. The van der Waals surface area contributed by atoms with Crippen molar-refractivity contribution >= 4 is 31.9 Å². The van der Waals surface area contributed by atoms with Gasteiger partial charge in [0.15, 0.2) is 0 Å². The number of hydrogen-bond acceptors (Lipinski definition) is 4. The summed E-state index contributed by atoms with van der Waals surface area (Å²) in [6, 6.07) is 5.75. The predicted molar refractivity (Wildman–Crippen MR) is 90.1 cm³/mol. The van der Waals surface area contributed by atoms with Crippen LogP contribution in [0.2, 0.25) is 0 Å². The lowest BCUT2D eigenvalue weighted by Crippen LogP contribution is -2.31. The van der Waals surface area contributed by atoms with Crippen molar-refractivity contribution in [2.24, 2.45) is 5.84 Å². The highest BCUT2D eigenvalue weighted by atomic mass is 79.9. The Labute approximate surface area is 141 Å². The number of methoxy groups -OCH3 is 1. The van der Waals surface area contributed by atoms with Gasteiger partial charge in [-0.05, 0) is 56.0 Å². The third-order valence-electron chi connectivity index (χ3n) is 3.22. The Balaban J connectivity index is 2.44. The number of benzene rings is 1. The number of hydrazine groups is 1. The number of halogens is 2. The lowest BCUT2D eigenvalue weighted by Gasteiger charge is -2.19. The number of aromatic nitrogens is 2. The van der Waals surface area contributed by atoms with Gasteiger partial charge in [-0.3, -0.25) is 10.5 Å². The van der Waals surface area contributed by atoms with Gasteiger partial charge in [-0.2, -0.15) is 5.10 Å². The van der Waals surface area contributed by atoms with Gasteiger partial charge in [0.25, 0.3) is 0 Å². The largest absolute Gasteiger partial charge is 0.496 e. The minimum atomic E-state index is -0.157. The summed E-state index contributed by atoms with van der Waals surface area (Å²) >= 11 is 7.07. The van der Waals surface area contributed by atoms with E-state index in [1.165, 1.54) is 0 Å². The van der Waals surface area contributed by atoms with E-state index >= 15 is 0 Å². The highest BCUT2D eigenvalue weighted by Gasteiger charge is 2.21. The molecule has 3 N–H and O–H groups in total. The van der Waals surface area contributed by atoms with Gasteiger partial charge in [0.05, 0.1) is 34.0 Å². The van der Waals surface area contributed by atoms with Crippen LogP contribution in [0.25, 0.3) is 0 Å². The van der Waals surface area contributed by atoms with Crippen LogP contribution in [0.1, 0.15) is 30.6 Å². The number of nitrogens with one attached hydrogen (secondary N) is 1. The first-order valence-electron chi connectivity index (χ1n) is 6.63. The maximum Gasteiger partial charge on any atom is 0.133 e. The van der Waals surface area contributed by atoms with E-state index in [1.54, 1.807) is 13.3 Å². The number of hydrogen-bond donors (Lipinski definition) is 2. The summed E-state index contributed by atoms with van der Waals surface area (Å²) < 4.78 is 9.06. The molecule has 2 aromatic rings. The van der Waals surface area contributed by atoms with Gasteiger partial charge in [0.2, 0.25) is 0 Å². The third-order valence-corrected chi connectivity index (χ3v) is 4.45. The number of aryl methyl sites for hydroxylation is 1. The molecule has 0 aliphatic carbocycles. The van der Waals surface area contributed by atoms with Crippen LogP contribution in [0.15, 0.2) is 33.3 Å². The molecular weight excluding hydrogens is 400 g/mol. The lowest BCUT2D eigenvalue weighted by molar-refractivity contribution is 0.411. The van der Waals surface area contributed by atoms with Crippen LogP contribution in [0.4, 0.5) is 0 Å². The molecule has 0 amide bonds. The maximum atomic E-state index is 5.79. The first kappa shape index (κ1) is 16.5. The van der Waals surface area contributed by atoms with E-state index in [0.29, 0.717) is 0 Å². The summed E-state index contributed by atoms with van der Waals surface area (Å²) in [5.41, 5.74) is 4.91. The van der Waals surface area contributed by atoms with E-state index in [1.807, 2.05) is 22.9 Å². The summed E-state index contributed by atoms with van der Waals surface area (Å²) in [6.45, 7) is 2.96. The van der Waals surface area contributed by atoms with Gasteiger partial charge in [-0.15, -0.1) is 0 Å². The zero-order valence-electron chi connectivity index (χ0n) is 11.9. The highest BCUT2D eigenvalue weighted by molar-refractivity contribution is 9.10. The molecule has 0 saturated carbocycles. The summed E-state index contributed by atoms with van der Waals surface area (Å²) in [6.07, 6.45) is 2.80. The average molecular weight is 418 g/mol. The highest BCUT2D eigenvalue weighted by Crippen LogP contribution is 2.33. The van der Waals surface area contributed by atoms with Crippen molar-refractivity contribution in [3.05, 3.63) is 44.6 Å². The molecule has 2 rings (SSSR count). The van der Waals surface area contributed by atoms with Crippen molar-refractivity contribution in [1.82, 2.24) is 15.2 Å². The molecule has 0 saturated heterocycles. The first-order valence-corrected chi connectivity index (χ1v) is 8.21. The second kappa shape index (κ2) is 7.40. The van der Waals surface area contributed by atoms with Crippen LogP contribution in [0.5, 0.6) is 5.75 Å². The SMILES string of the molecule is CCCn1ncc(Br)c1C(NN)c1ccc(OC)c(Br)c1. The molecule has 1 heterocycles. The van der Waals surface area contributed by atoms with Crippen LogP contribution in [-0.4, -0.2) is 16.9 Å². The van der Waals surface area contributed by atoms with Crippen LogP contribution >= 0.6 is 31.9 Å². The Kier molecular flexibility index (Phi) is 5.80. The van der Waals surface area contributed by atoms with E-state index in [9.17, 15) is 0 Å². The van der Waals surface area contributed by atoms with Crippen LogP contribution < -0.4 is 16.0 Å². The Hall–Kier alpha value is -0.890. The van der Waals surface area contributed by atoms with Crippen molar-refractivity contribution < 1.29 is 4.74 Å². The molecule has 0 bridgehead atoms. The van der Waals surface area contributed by atoms with Gasteiger partial charge in [0, 0.05) is 6.54 Å². The molecule has 0 radical (unpaired) electrons. The molecule has 1 aromatic heterocycles. The molecule has 21 heavy (non-hydrogen) atoms. The van der Waals surface area contributed by atoms with Crippen LogP contribution in [0, 0.1) is 0 Å². The van der Waals surface area contributed by atoms with Gasteiger partial charge in [-0.25, -0.2) is 5.43 Å². The molecule has 1 unspecified atom stereocenters. The average Bonchev–Trinajstić information content (AvgIpc) is 2.82.